The molecule has 0 saturated carbocycles. The predicted octanol–water partition coefficient (Wildman–Crippen LogP) is 5.06. The monoisotopic (exact) mass is 358 g/mol. The highest BCUT2D eigenvalue weighted by atomic mass is 16.5. The number of hydrogen-bond acceptors (Lipinski definition) is 4. The Bertz CT molecular complexity index is 1120. The van der Waals surface area contributed by atoms with Gasteiger partial charge in [0.1, 0.15) is 11.3 Å². The number of nitrogens with zero attached hydrogens (tertiary/aromatic N) is 1. The summed E-state index contributed by atoms with van der Waals surface area (Å²) in [5, 5.41) is 2.92. The van der Waals surface area contributed by atoms with Gasteiger partial charge in [0.25, 0.3) is 5.91 Å². The fourth-order valence-electron chi connectivity index (χ4n) is 3.04. The molecule has 3 aromatic carbocycles. The van der Waals surface area contributed by atoms with E-state index < -0.39 is 0 Å². The van der Waals surface area contributed by atoms with Gasteiger partial charge in [0.05, 0.1) is 18.4 Å². The van der Waals surface area contributed by atoms with Crippen molar-refractivity contribution in [2.24, 2.45) is 0 Å². The molecule has 0 unspecified atom stereocenters. The Labute approximate surface area is 156 Å². The summed E-state index contributed by atoms with van der Waals surface area (Å²) in [6.07, 6.45) is 0. The van der Waals surface area contributed by atoms with E-state index in [2.05, 4.69) is 10.3 Å². The van der Waals surface area contributed by atoms with Crippen molar-refractivity contribution in [1.82, 2.24) is 4.98 Å². The summed E-state index contributed by atoms with van der Waals surface area (Å²) < 4.78 is 11.0. The fourth-order valence-corrected chi connectivity index (χ4v) is 3.04. The second-order valence-electron chi connectivity index (χ2n) is 6.12. The Morgan fingerprint density at radius 2 is 1.81 bits per heavy atom. The van der Waals surface area contributed by atoms with Gasteiger partial charge in [-0.15, -0.1) is 0 Å². The fraction of sp³-hybridized carbons (Fsp3) is 0.0909. The van der Waals surface area contributed by atoms with Crippen LogP contribution in [0.2, 0.25) is 0 Å². The molecule has 0 radical (unpaired) electrons. The Hall–Kier alpha value is -3.60. The van der Waals surface area contributed by atoms with Crippen LogP contribution in [0.15, 0.2) is 71.1 Å². The number of para-hydroxylation sites is 1. The van der Waals surface area contributed by atoms with E-state index in [1.54, 1.807) is 26.2 Å². The molecule has 0 bridgehead atoms. The number of benzene rings is 3. The maximum atomic E-state index is 13.0. The molecular weight excluding hydrogens is 340 g/mol. The number of fused-ring (bicyclic) bond motifs is 1. The van der Waals surface area contributed by atoms with Crippen LogP contribution in [-0.2, 0) is 0 Å². The van der Waals surface area contributed by atoms with E-state index in [1.807, 2.05) is 54.6 Å². The number of carbonyl (C=O) groups excluding carboxylic acids is 1. The van der Waals surface area contributed by atoms with E-state index in [-0.39, 0.29) is 5.91 Å². The third-order valence-electron chi connectivity index (χ3n) is 4.32. The summed E-state index contributed by atoms with van der Waals surface area (Å²) in [5.74, 6) is 0.787. The Kier molecular flexibility index (Phi) is 4.34. The Morgan fingerprint density at radius 3 is 2.59 bits per heavy atom. The standard InChI is InChI=1S/C22H18N2O3/c1-14-23-18-9-6-10-19(21(18)27-14)24-22(25)17-13-16(11-12-20(17)26-2)15-7-4-3-5-8-15/h3-13H,1-2H3,(H,24,25). The zero-order valence-electron chi connectivity index (χ0n) is 15.0. The highest BCUT2D eigenvalue weighted by Crippen LogP contribution is 2.29. The van der Waals surface area contributed by atoms with E-state index in [1.165, 1.54) is 0 Å². The lowest BCUT2D eigenvalue weighted by atomic mass is 10.0. The number of hydrogen-bond donors (Lipinski definition) is 1. The van der Waals surface area contributed by atoms with Crippen molar-refractivity contribution in [3.8, 4) is 16.9 Å². The zero-order chi connectivity index (χ0) is 18.8. The maximum absolute atomic E-state index is 13.0. The van der Waals surface area contributed by atoms with Crippen molar-refractivity contribution in [1.29, 1.82) is 0 Å². The van der Waals surface area contributed by atoms with Crippen molar-refractivity contribution in [2.75, 3.05) is 12.4 Å². The van der Waals surface area contributed by atoms with Gasteiger partial charge in [0, 0.05) is 6.92 Å². The van der Waals surface area contributed by atoms with Crippen molar-refractivity contribution in [3.63, 3.8) is 0 Å². The molecule has 4 rings (SSSR count). The highest BCUT2D eigenvalue weighted by Gasteiger charge is 2.16. The van der Waals surface area contributed by atoms with Crippen molar-refractivity contribution in [3.05, 3.63) is 78.2 Å². The van der Waals surface area contributed by atoms with E-state index in [9.17, 15) is 4.79 Å². The van der Waals surface area contributed by atoms with Crippen molar-refractivity contribution >= 4 is 22.7 Å². The normalized spacial score (nSPS) is 10.7. The summed E-state index contributed by atoms with van der Waals surface area (Å²) in [7, 11) is 1.55. The smallest absolute Gasteiger partial charge is 0.259 e. The summed E-state index contributed by atoms with van der Waals surface area (Å²) in [5.41, 5.74) is 4.26. The van der Waals surface area contributed by atoms with E-state index in [4.69, 9.17) is 9.15 Å². The van der Waals surface area contributed by atoms with Gasteiger partial charge in [-0.05, 0) is 35.4 Å². The van der Waals surface area contributed by atoms with Gasteiger partial charge < -0.3 is 14.5 Å². The SMILES string of the molecule is COc1ccc(-c2ccccc2)cc1C(=O)Nc1cccc2nc(C)oc12. The maximum Gasteiger partial charge on any atom is 0.259 e. The molecule has 0 spiro atoms. The minimum atomic E-state index is -0.272. The summed E-state index contributed by atoms with van der Waals surface area (Å²) in [4.78, 5) is 17.3. The van der Waals surface area contributed by atoms with Gasteiger partial charge in [-0.25, -0.2) is 4.98 Å². The lowest BCUT2D eigenvalue weighted by Gasteiger charge is -2.12. The Balaban J connectivity index is 1.72. The molecule has 0 aliphatic heterocycles. The number of carbonyl (C=O) groups is 1. The Morgan fingerprint density at radius 1 is 1.00 bits per heavy atom. The molecule has 5 nitrogen and oxygen atoms in total. The number of anilines is 1. The first-order valence-electron chi connectivity index (χ1n) is 8.56. The van der Waals surface area contributed by atoms with Crippen molar-refractivity contribution < 1.29 is 13.9 Å². The minimum Gasteiger partial charge on any atom is -0.496 e. The molecular formula is C22H18N2O3. The number of nitrogens with one attached hydrogen (secondary N) is 1. The molecule has 4 aromatic rings. The largest absolute Gasteiger partial charge is 0.496 e. The van der Waals surface area contributed by atoms with Gasteiger partial charge in [-0.2, -0.15) is 0 Å². The van der Waals surface area contributed by atoms with Crippen LogP contribution in [0.25, 0.3) is 22.2 Å². The summed E-state index contributed by atoms with van der Waals surface area (Å²) in [6, 6.07) is 20.9. The summed E-state index contributed by atoms with van der Waals surface area (Å²) in [6.45, 7) is 1.78. The van der Waals surface area contributed by atoms with Crippen LogP contribution >= 0.6 is 0 Å². The minimum absolute atomic E-state index is 0.272. The van der Waals surface area contributed by atoms with Crippen LogP contribution < -0.4 is 10.1 Å². The molecule has 1 aromatic heterocycles. The quantitative estimate of drug-likeness (QED) is 0.553. The van der Waals surface area contributed by atoms with E-state index in [0.29, 0.717) is 34.0 Å². The molecule has 0 aliphatic rings. The van der Waals surface area contributed by atoms with Gasteiger partial charge >= 0.3 is 0 Å². The summed E-state index contributed by atoms with van der Waals surface area (Å²) >= 11 is 0. The zero-order valence-corrected chi connectivity index (χ0v) is 15.0. The van der Waals surface area contributed by atoms with Gasteiger partial charge in [-0.3, -0.25) is 4.79 Å². The average Bonchev–Trinajstić information content (AvgIpc) is 3.09. The molecule has 27 heavy (non-hydrogen) atoms. The van der Waals surface area contributed by atoms with Crippen molar-refractivity contribution in [2.45, 2.75) is 6.92 Å². The highest BCUT2D eigenvalue weighted by molar-refractivity contribution is 6.09. The average molecular weight is 358 g/mol. The molecule has 1 N–H and O–H groups in total. The third kappa shape index (κ3) is 3.27. The predicted molar refractivity (Wildman–Crippen MR) is 105 cm³/mol. The topological polar surface area (TPSA) is 64.4 Å². The van der Waals surface area contributed by atoms with Crippen LogP contribution in [0.4, 0.5) is 5.69 Å². The lowest BCUT2D eigenvalue weighted by molar-refractivity contribution is 0.102. The third-order valence-corrected chi connectivity index (χ3v) is 4.32. The first-order chi connectivity index (χ1) is 13.2. The molecule has 1 amide bonds. The van der Waals surface area contributed by atoms with Gasteiger partial charge in [0.2, 0.25) is 0 Å². The van der Waals surface area contributed by atoms with E-state index in [0.717, 1.165) is 11.1 Å². The number of amides is 1. The molecule has 0 aliphatic carbocycles. The number of methoxy groups -OCH3 is 1. The van der Waals surface area contributed by atoms with Crippen LogP contribution in [0, 0.1) is 6.92 Å². The molecule has 0 saturated heterocycles. The number of ether oxygens (including phenoxy) is 1. The first kappa shape index (κ1) is 16.8. The molecule has 5 heteroatoms. The number of rotatable bonds is 4. The molecule has 134 valence electrons. The molecule has 1 heterocycles. The molecule has 0 fully saturated rings. The second kappa shape index (κ2) is 6.96. The number of aryl methyl sites for hydroxylation is 1. The lowest BCUT2D eigenvalue weighted by Crippen LogP contribution is -2.13. The number of aromatic nitrogens is 1. The van der Waals surface area contributed by atoms with Crippen LogP contribution in [0.1, 0.15) is 16.2 Å². The number of oxazole rings is 1. The van der Waals surface area contributed by atoms with Crippen LogP contribution in [0.5, 0.6) is 5.75 Å². The van der Waals surface area contributed by atoms with Crippen LogP contribution in [-0.4, -0.2) is 18.0 Å². The van der Waals surface area contributed by atoms with Gasteiger partial charge in [-0.1, -0.05) is 42.5 Å². The molecule has 0 atom stereocenters. The van der Waals surface area contributed by atoms with Gasteiger partial charge in [0.15, 0.2) is 11.5 Å². The first-order valence-corrected chi connectivity index (χ1v) is 8.56. The van der Waals surface area contributed by atoms with Crippen LogP contribution in [0.3, 0.4) is 0 Å². The van der Waals surface area contributed by atoms with E-state index >= 15 is 0 Å². The second-order valence-corrected chi connectivity index (χ2v) is 6.12.